The molecule has 3 rings (SSSR count). The average molecular weight is 350 g/mol. The molecule has 4 nitrogen and oxygen atoms in total. The van der Waals surface area contributed by atoms with E-state index in [4.69, 9.17) is 11.6 Å². The number of para-hydroxylation sites is 1. The first-order chi connectivity index (χ1) is 11.1. The second kappa shape index (κ2) is 6.52. The number of amides is 1. The molecule has 0 saturated carbocycles. The minimum Gasteiger partial charge on any atom is -0.318 e. The summed E-state index contributed by atoms with van der Waals surface area (Å²) in [4.78, 5) is 12.6. The van der Waals surface area contributed by atoms with Crippen LogP contribution in [0, 0.1) is 5.82 Å². The van der Waals surface area contributed by atoms with Crippen LogP contribution in [-0.2, 0) is 18.3 Å². The molecule has 0 atom stereocenters. The molecule has 3 aromatic rings. The van der Waals surface area contributed by atoms with E-state index in [0.717, 1.165) is 10.2 Å². The van der Waals surface area contributed by atoms with Crippen molar-refractivity contribution in [2.75, 3.05) is 0 Å². The van der Waals surface area contributed by atoms with E-state index in [9.17, 15) is 9.18 Å². The van der Waals surface area contributed by atoms with Crippen molar-refractivity contribution in [3.05, 3.63) is 63.7 Å². The van der Waals surface area contributed by atoms with Crippen molar-refractivity contribution < 1.29 is 9.18 Å². The Bertz CT molecular complexity index is 928. The van der Waals surface area contributed by atoms with Gasteiger partial charge in [0.15, 0.2) is 0 Å². The Labute approximate surface area is 140 Å². The molecule has 7 heteroatoms. The highest BCUT2D eigenvalue weighted by molar-refractivity contribution is 7.16. The van der Waals surface area contributed by atoms with Gasteiger partial charge in [0.05, 0.1) is 16.6 Å². The van der Waals surface area contributed by atoms with Gasteiger partial charge in [-0.3, -0.25) is 4.79 Å². The van der Waals surface area contributed by atoms with Gasteiger partial charge in [-0.05, 0) is 24.3 Å². The fourth-order valence-electron chi connectivity index (χ4n) is 2.20. The lowest BCUT2D eigenvalue weighted by atomic mass is 10.1. The highest BCUT2D eigenvalue weighted by atomic mass is 35.5. The predicted molar refractivity (Wildman–Crippen MR) is 89.6 cm³/mol. The molecule has 118 valence electrons. The molecule has 1 amide bonds. The third kappa shape index (κ3) is 3.28. The number of rotatable bonds is 3. The van der Waals surface area contributed by atoms with Crippen LogP contribution in [0.15, 0.2) is 47.6 Å². The highest BCUT2D eigenvalue weighted by Crippen LogP contribution is 2.19. The summed E-state index contributed by atoms with van der Waals surface area (Å²) in [6, 6.07) is 12.2. The maximum atomic E-state index is 13.7. The Hall–Kier alpha value is -2.18. The lowest BCUT2D eigenvalue weighted by Gasteiger charge is -2.04. The molecule has 0 aliphatic carbocycles. The van der Waals surface area contributed by atoms with Crippen LogP contribution in [0.25, 0.3) is 10.2 Å². The summed E-state index contributed by atoms with van der Waals surface area (Å²) in [6.07, 6.45) is -0.163. The largest absolute Gasteiger partial charge is 0.318 e. The van der Waals surface area contributed by atoms with Gasteiger partial charge in [0, 0.05) is 17.6 Å². The monoisotopic (exact) mass is 349 g/mol. The van der Waals surface area contributed by atoms with Gasteiger partial charge in [-0.2, -0.15) is 0 Å². The first-order valence-corrected chi connectivity index (χ1v) is 8.05. The molecule has 0 fully saturated rings. The standard InChI is InChI=1S/C16H13ClFN3OS/c1-21-13-7-2-3-8-14(13)23-16(21)20-19-15(22)9-10-11(17)5-4-6-12(10)18/h2-8H,9H2,1H3,(H,19,22)/b20-16+. The van der Waals surface area contributed by atoms with E-state index in [2.05, 4.69) is 10.5 Å². The third-order valence-corrected chi connectivity index (χ3v) is 4.86. The zero-order valence-corrected chi connectivity index (χ0v) is 13.8. The Balaban J connectivity index is 1.81. The van der Waals surface area contributed by atoms with Crippen molar-refractivity contribution in [1.29, 1.82) is 0 Å². The Kier molecular flexibility index (Phi) is 4.45. The normalized spacial score (nSPS) is 11.9. The van der Waals surface area contributed by atoms with E-state index in [-0.39, 0.29) is 17.0 Å². The van der Waals surface area contributed by atoms with E-state index in [1.807, 2.05) is 35.9 Å². The quantitative estimate of drug-likeness (QED) is 0.725. The fourth-order valence-corrected chi connectivity index (χ4v) is 3.41. The molecule has 0 radical (unpaired) electrons. The van der Waals surface area contributed by atoms with Crippen molar-refractivity contribution in [1.82, 2.24) is 9.99 Å². The summed E-state index contributed by atoms with van der Waals surface area (Å²) in [5.74, 6) is -0.922. The lowest BCUT2D eigenvalue weighted by molar-refractivity contribution is -0.120. The molecular formula is C16H13ClFN3OS. The van der Waals surface area contributed by atoms with Crippen LogP contribution in [0.4, 0.5) is 4.39 Å². The molecule has 0 aliphatic rings. The molecule has 0 aliphatic heterocycles. The zero-order chi connectivity index (χ0) is 16.4. The van der Waals surface area contributed by atoms with Crippen molar-refractivity contribution >= 4 is 39.1 Å². The van der Waals surface area contributed by atoms with E-state index in [1.54, 1.807) is 6.07 Å². The summed E-state index contributed by atoms with van der Waals surface area (Å²) >= 11 is 7.38. The van der Waals surface area contributed by atoms with Gasteiger partial charge in [-0.1, -0.05) is 41.1 Å². The van der Waals surface area contributed by atoms with E-state index >= 15 is 0 Å². The molecule has 0 spiro atoms. The van der Waals surface area contributed by atoms with Crippen LogP contribution in [-0.4, -0.2) is 10.5 Å². The number of fused-ring (bicyclic) bond motifs is 1. The van der Waals surface area contributed by atoms with Gasteiger partial charge in [-0.15, -0.1) is 5.10 Å². The number of aryl methyl sites for hydroxylation is 1. The van der Waals surface area contributed by atoms with Crippen LogP contribution in [0.2, 0.25) is 5.02 Å². The van der Waals surface area contributed by atoms with Crippen LogP contribution in [0.1, 0.15) is 5.56 Å². The van der Waals surface area contributed by atoms with Gasteiger partial charge >= 0.3 is 0 Å². The Morgan fingerprint density at radius 1 is 1.30 bits per heavy atom. The van der Waals surface area contributed by atoms with Crippen molar-refractivity contribution in [3.63, 3.8) is 0 Å². The fraction of sp³-hybridized carbons (Fsp3) is 0.125. The number of aromatic nitrogens is 1. The maximum absolute atomic E-state index is 13.7. The second-order valence-electron chi connectivity index (χ2n) is 4.94. The Morgan fingerprint density at radius 2 is 2.09 bits per heavy atom. The molecule has 0 saturated heterocycles. The first-order valence-electron chi connectivity index (χ1n) is 6.86. The number of carbonyl (C=O) groups is 1. The Morgan fingerprint density at radius 3 is 2.83 bits per heavy atom. The van der Waals surface area contributed by atoms with Gasteiger partial charge in [-0.25, -0.2) is 9.82 Å². The summed E-state index contributed by atoms with van der Waals surface area (Å²) in [6.45, 7) is 0. The molecule has 23 heavy (non-hydrogen) atoms. The summed E-state index contributed by atoms with van der Waals surface area (Å²) in [5, 5.41) is 4.34. The van der Waals surface area contributed by atoms with E-state index in [1.165, 1.54) is 23.5 Å². The molecule has 2 aromatic carbocycles. The van der Waals surface area contributed by atoms with Crippen LogP contribution in [0.5, 0.6) is 0 Å². The number of carbonyl (C=O) groups excluding carboxylic acids is 1. The number of thiazole rings is 1. The van der Waals surface area contributed by atoms with E-state index < -0.39 is 11.7 Å². The average Bonchev–Trinajstić information content (AvgIpc) is 2.86. The first kappa shape index (κ1) is 15.7. The molecule has 1 N–H and O–H groups in total. The van der Waals surface area contributed by atoms with Gasteiger partial charge in [0.2, 0.25) is 10.7 Å². The van der Waals surface area contributed by atoms with E-state index in [0.29, 0.717) is 4.80 Å². The third-order valence-electron chi connectivity index (χ3n) is 3.39. The number of benzene rings is 2. The van der Waals surface area contributed by atoms with Crippen LogP contribution in [0.3, 0.4) is 0 Å². The number of nitrogens with zero attached hydrogens (tertiary/aromatic N) is 2. The topological polar surface area (TPSA) is 46.4 Å². The highest BCUT2D eigenvalue weighted by Gasteiger charge is 2.11. The number of halogens is 2. The smallest absolute Gasteiger partial charge is 0.244 e. The van der Waals surface area contributed by atoms with Crippen LogP contribution >= 0.6 is 22.9 Å². The second-order valence-corrected chi connectivity index (χ2v) is 6.35. The van der Waals surface area contributed by atoms with Crippen molar-refractivity contribution in [3.8, 4) is 0 Å². The number of hydrogen-bond acceptors (Lipinski definition) is 3. The van der Waals surface area contributed by atoms with Gasteiger partial charge in [0.25, 0.3) is 0 Å². The molecule has 0 unspecified atom stereocenters. The summed E-state index contributed by atoms with van der Waals surface area (Å²) < 4.78 is 16.6. The maximum Gasteiger partial charge on any atom is 0.244 e. The lowest BCUT2D eigenvalue weighted by Crippen LogP contribution is -2.25. The van der Waals surface area contributed by atoms with Crippen LogP contribution < -0.4 is 10.2 Å². The molecule has 0 bridgehead atoms. The van der Waals surface area contributed by atoms with Crippen molar-refractivity contribution in [2.45, 2.75) is 6.42 Å². The SMILES string of the molecule is Cn1/c(=N\NC(=O)Cc2c(F)cccc2Cl)sc2ccccc21. The summed E-state index contributed by atoms with van der Waals surface area (Å²) in [5.41, 5.74) is 3.65. The predicted octanol–water partition coefficient (Wildman–Crippen LogP) is 3.21. The van der Waals surface area contributed by atoms with Crippen molar-refractivity contribution in [2.24, 2.45) is 12.1 Å². The number of hydrogen-bond donors (Lipinski definition) is 1. The zero-order valence-electron chi connectivity index (χ0n) is 12.2. The molecule has 1 aromatic heterocycles. The number of nitrogens with one attached hydrogen (secondary N) is 1. The summed E-state index contributed by atoms with van der Waals surface area (Å²) in [7, 11) is 1.87. The van der Waals surface area contributed by atoms with Gasteiger partial charge in [0.1, 0.15) is 5.82 Å². The molecular weight excluding hydrogens is 337 g/mol. The van der Waals surface area contributed by atoms with Gasteiger partial charge < -0.3 is 4.57 Å². The minimum absolute atomic E-state index is 0.163. The molecule has 1 heterocycles. The minimum atomic E-state index is -0.500.